The summed E-state index contributed by atoms with van der Waals surface area (Å²) in [4.78, 5) is 21.9. The first-order valence-electron chi connectivity index (χ1n) is 7.25. The Balaban J connectivity index is 2.26. The van der Waals surface area contributed by atoms with Crippen LogP contribution in [0.15, 0.2) is 6.07 Å². The van der Waals surface area contributed by atoms with Gasteiger partial charge in [-0.1, -0.05) is 0 Å². The summed E-state index contributed by atoms with van der Waals surface area (Å²) in [6.45, 7) is 3.79. The fraction of sp³-hybridized carbons (Fsp3) is 0.500. The zero-order valence-corrected chi connectivity index (χ0v) is 12.8. The summed E-state index contributed by atoms with van der Waals surface area (Å²) in [6, 6.07) is 1.57. The predicted molar refractivity (Wildman–Crippen MR) is 78.7 cm³/mol. The number of benzene rings is 1. The predicted octanol–water partition coefficient (Wildman–Crippen LogP) is 2.48. The molecule has 1 N–H and O–H groups in total. The highest BCUT2D eigenvalue weighted by Crippen LogP contribution is 2.34. The third kappa shape index (κ3) is 3.76. The average molecular weight is 308 g/mol. The van der Waals surface area contributed by atoms with E-state index in [1.54, 1.807) is 13.0 Å². The molecule has 1 aliphatic rings. The minimum atomic E-state index is -1.09. The van der Waals surface area contributed by atoms with E-state index in [0.717, 1.165) is 24.8 Å². The van der Waals surface area contributed by atoms with Crippen LogP contribution in [-0.2, 0) is 9.53 Å². The van der Waals surface area contributed by atoms with Gasteiger partial charge in [-0.25, -0.2) is 4.79 Å². The first-order chi connectivity index (χ1) is 10.5. The Labute approximate surface area is 129 Å². The Morgan fingerprint density at radius 3 is 2.77 bits per heavy atom. The van der Waals surface area contributed by atoms with Gasteiger partial charge in [-0.05, 0) is 43.9 Å². The smallest absolute Gasteiger partial charge is 0.341 e. The van der Waals surface area contributed by atoms with Crippen molar-refractivity contribution < 1.29 is 28.9 Å². The minimum Gasteiger partial charge on any atom is -0.481 e. The van der Waals surface area contributed by atoms with Gasteiger partial charge in [-0.2, -0.15) is 0 Å². The molecule has 6 nitrogen and oxygen atoms in total. The van der Waals surface area contributed by atoms with E-state index >= 15 is 0 Å². The van der Waals surface area contributed by atoms with Crippen molar-refractivity contribution in [2.24, 2.45) is 0 Å². The summed E-state index contributed by atoms with van der Waals surface area (Å²) in [5.74, 6) is -0.245. The molecular formula is C16H20O6. The number of ether oxygens (including phenoxy) is 3. The van der Waals surface area contributed by atoms with Crippen LogP contribution >= 0.6 is 0 Å². The molecule has 1 unspecified atom stereocenters. The van der Waals surface area contributed by atoms with Gasteiger partial charge in [0.1, 0.15) is 11.5 Å². The van der Waals surface area contributed by atoms with Gasteiger partial charge in [0.05, 0.1) is 12.2 Å². The lowest BCUT2D eigenvalue weighted by Gasteiger charge is -2.25. The van der Waals surface area contributed by atoms with Gasteiger partial charge in [0.15, 0.2) is 19.2 Å². The Hall–Kier alpha value is -2.08. The Bertz CT molecular complexity index is 560. The minimum absolute atomic E-state index is 0.273. The van der Waals surface area contributed by atoms with Crippen molar-refractivity contribution in [2.45, 2.75) is 39.4 Å². The van der Waals surface area contributed by atoms with Gasteiger partial charge < -0.3 is 19.3 Å². The lowest BCUT2D eigenvalue weighted by Crippen LogP contribution is -2.25. The van der Waals surface area contributed by atoms with E-state index in [9.17, 15) is 9.59 Å². The molecule has 0 aliphatic carbocycles. The van der Waals surface area contributed by atoms with Crippen molar-refractivity contribution in [2.75, 3.05) is 13.2 Å². The lowest BCUT2D eigenvalue weighted by molar-refractivity contribution is -0.139. The molecule has 0 aromatic heterocycles. The van der Waals surface area contributed by atoms with E-state index in [1.807, 2.05) is 6.92 Å². The van der Waals surface area contributed by atoms with E-state index in [4.69, 9.17) is 19.3 Å². The van der Waals surface area contributed by atoms with E-state index in [-0.39, 0.29) is 17.6 Å². The molecule has 1 fully saturated rings. The quantitative estimate of drug-likeness (QED) is 0.813. The third-order valence-corrected chi connectivity index (χ3v) is 3.68. The molecule has 0 radical (unpaired) electrons. The second-order valence-corrected chi connectivity index (χ2v) is 5.26. The van der Waals surface area contributed by atoms with Crippen LogP contribution in [0.1, 0.15) is 40.7 Å². The molecule has 0 spiro atoms. The highest BCUT2D eigenvalue weighted by Gasteiger charge is 2.20. The third-order valence-electron chi connectivity index (χ3n) is 3.68. The highest BCUT2D eigenvalue weighted by atomic mass is 16.7. The number of rotatable bonds is 6. The highest BCUT2D eigenvalue weighted by molar-refractivity contribution is 5.82. The molecule has 2 rings (SSSR count). The molecule has 120 valence electrons. The molecule has 0 amide bonds. The Morgan fingerprint density at radius 1 is 1.41 bits per heavy atom. The largest absolute Gasteiger partial charge is 0.481 e. The maximum Gasteiger partial charge on any atom is 0.341 e. The summed E-state index contributed by atoms with van der Waals surface area (Å²) in [7, 11) is 0. The van der Waals surface area contributed by atoms with Crippen molar-refractivity contribution in [3.63, 3.8) is 0 Å². The van der Waals surface area contributed by atoms with E-state index in [0.29, 0.717) is 24.2 Å². The van der Waals surface area contributed by atoms with Crippen molar-refractivity contribution >= 4 is 12.3 Å². The monoisotopic (exact) mass is 308 g/mol. The summed E-state index contributed by atoms with van der Waals surface area (Å²) >= 11 is 0. The average Bonchev–Trinajstić information content (AvgIpc) is 2.51. The number of hydrogen-bond acceptors (Lipinski definition) is 5. The van der Waals surface area contributed by atoms with Crippen LogP contribution in [0.25, 0.3) is 0 Å². The van der Waals surface area contributed by atoms with Gasteiger partial charge in [0, 0.05) is 6.42 Å². The molecule has 1 heterocycles. The first-order valence-corrected chi connectivity index (χ1v) is 7.25. The Kier molecular flexibility index (Phi) is 5.38. The van der Waals surface area contributed by atoms with Crippen LogP contribution in [-0.4, -0.2) is 36.9 Å². The van der Waals surface area contributed by atoms with Crippen LogP contribution in [0.4, 0.5) is 0 Å². The van der Waals surface area contributed by atoms with Crippen LogP contribution < -0.4 is 9.47 Å². The second-order valence-electron chi connectivity index (χ2n) is 5.26. The zero-order chi connectivity index (χ0) is 16.1. The number of aldehydes is 1. The fourth-order valence-corrected chi connectivity index (χ4v) is 2.37. The standard InChI is InChI=1S/C16H20O6/c1-10-11(2)16(21-9-14(18)19)12(8-17)7-13(10)22-15-5-3-4-6-20-15/h7-8,15H,3-6,9H2,1-2H3,(H,18,19). The van der Waals surface area contributed by atoms with Crippen molar-refractivity contribution in [3.05, 3.63) is 22.8 Å². The summed E-state index contributed by atoms with van der Waals surface area (Å²) in [5.41, 5.74) is 1.77. The van der Waals surface area contributed by atoms with Gasteiger partial charge in [0.2, 0.25) is 0 Å². The summed E-state index contributed by atoms with van der Waals surface area (Å²) < 4.78 is 16.6. The van der Waals surface area contributed by atoms with Crippen LogP contribution in [0.3, 0.4) is 0 Å². The van der Waals surface area contributed by atoms with E-state index in [2.05, 4.69) is 0 Å². The van der Waals surface area contributed by atoms with Crippen LogP contribution in [0, 0.1) is 13.8 Å². The van der Waals surface area contributed by atoms with Crippen LogP contribution in [0.2, 0.25) is 0 Å². The maximum absolute atomic E-state index is 11.3. The van der Waals surface area contributed by atoms with E-state index in [1.165, 1.54) is 0 Å². The van der Waals surface area contributed by atoms with Gasteiger partial charge in [-0.15, -0.1) is 0 Å². The molecule has 0 bridgehead atoms. The molecule has 1 aromatic rings. The summed E-state index contributed by atoms with van der Waals surface area (Å²) in [6.07, 6.45) is 3.21. The lowest BCUT2D eigenvalue weighted by atomic mass is 10.0. The number of hydrogen-bond donors (Lipinski definition) is 1. The van der Waals surface area contributed by atoms with Gasteiger partial charge in [0.25, 0.3) is 0 Å². The number of carbonyl (C=O) groups excluding carboxylic acids is 1. The topological polar surface area (TPSA) is 82.1 Å². The van der Waals surface area contributed by atoms with Crippen molar-refractivity contribution in [1.82, 2.24) is 0 Å². The molecule has 1 aliphatic heterocycles. The molecule has 0 saturated carbocycles. The molecule has 1 saturated heterocycles. The van der Waals surface area contributed by atoms with Gasteiger partial charge in [-0.3, -0.25) is 4.79 Å². The normalized spacial score (nSPS) is 17.8. The maximum atomic E-state index is 11.3. The van der Waals surface area contributed by atoms with Crippen molar-refractivity contribution in [3.8, 4) is 11.5 Å². The van der Waals surface area contributed by atoms with Crippen LogP contribution in [0.5, 0.6) is 11.5 Å². The number of carbonyl (C=O) groups is 2. The molecule has 1 aromatic carbocycles. The Morgan fingerprint density at radius 2 is 2.18 bits per heavy atom. The van der Waals surface area contributed by atoms with E-state index < -0.39 is 12.6 Å². The SMILES string of the molecule is Cc1c(OC2CCCCO2)cc(C=O)c(OCC(=O)O)c1C. The number of carboxylic acids is 1. The summed E-state index contributed by atoms with van der Waals surface area (Å²) in [5, 5.41) is 8.71. The fourth-order valence-electron chi connectivity index (χ4n) is 2.37. The number of aliphatic carboxylic acids is 1. The van der Waals surface area contributed by atoms with Crippen molar-refractivity contribution in [1.29, 1.82) is 0 Å². The first kappa shape index (κ1) is 16.3. The molecule has 1 atom stereocenters. The molecule has 6 heteroatoms. The number of carboxylic acid groups (broad SMARTS) is 1. The van der Waals surface area contributed by atoms with Gasteiger partial charge >= 0.3 is 5.97 Å². The molecule has 22 heavy (non-hydrogen) atoms. The second kappa shape index (κ2) is 7.26. The molecular weight excluding hydrogens is 288 g/mol. The zero-order valence-electron chi connectivity index (χ0n) is 12.8.